The molecule has 1 atom stereocenters. The molecule has 0 aromatic rings. The Morgan fingerprint density at radius 1 is 1.83 bits per heavy atom. The van der Waals surface area contributed by atoms with Crippen LogP contribution in [0.3, 0.4) is 0 Å². The van der Waals surface area contributed by atoms with Crippen molar-refractivity contribution in [1.82, 2.24) is 0 Å². The SMILES string of the molecule is NC1B=NCC1. The van der Waals surface area contributed by atoms with Gasteiger partial charge in [0.25, 0.3) is 0 Å². The zero-order chi connectivity index (χ0) is 4.41. The van der Waals surface area contributed by atoms with E-state index in [1.54, 1.807) is 7.07 Å². The van der Waals surface area contributed by atoms with Crippen molar-refractivity contribution in [3.63, 3.8) is 0 Å². The number of rotatable bonds is 0. The molecular formula is C3H7BN2. The summed E-state index contributed by atoms with van der Waals surface area (Å²) in [6, 6.07) is 0. The predicted octanol–water partition coefficient (Wildman–Crippen LogP) is -0.437. The molecule has 0 bridgehead atoms. The van der Waals surface area contributed by atoms with E-state index in [1.165, 1.54) is 0 Å². The molecule has 1 aliphatic heterocycles. The molecule has 1 rings (SSSR count). The molecule has 32 valence electrons. The molecule has 0 aliphatic carbocycles. The van der Waals surface area contributed by atoms with Gasteiger partial charge in [0.15, 0.2) is 0 Å². The van der Waals surface area contributed by atoms with E-state index < -0.39 is 0 Å². The fourth-order valence-corrected chi connectivity index (χ4v) is 0.508. The summed E-state index contributed by atoms with van der Waals surface area (Å²) in [5, 5.41) is 0. The molecule has 2 nitrogen and oxygen atoms in total. The van der Waals surface area contributed by atoms with E-state index in [2.05, 4.69) is 4.90 Å². The second kappa shape index (κ2) is 1.52. The minimum atomic E-state index is 0.255. The van der Waals surface area contributed by atoms with Crippen molar-refractivity contribution in [3.05, 3.63) is 0 Å². The van der Waals surface area contributed by atoms with E-state index in [-0.39, 0.29) is 5.94 Å². The van der Waals surface area contributed by atoms with E-state index in [1.807, 2.05) is 0 Å². The topological polar surface area (TPSA) is 38.4 Å². The Morgan fingerprint density at radius 2 is 2.67 bits per heavy atom. The zero-order valence-electron chi connectivity index (χ0n) is 3.59. The van der Waals surface area contributed by atoms with Gasteiger partial charge in [-0.2, -0.15) is 0 Å². The van der Waals surface area contributed by atoms with Crippen molar-refractivity contribution in [1.29, 1.82) is 0 Å². The minimum absolute atomic E-state index is 0.255. The maximum atomic E-state index is 5.39. The first-order chi connectivity index (χ1) is 2.89. The molecule has 1 aliphatic rings. The standard InChI is InChI=1S/C3H7BN2/c5-3-1-2-6-4-3/h3H,1-2,5H2. The Kier molecular flexibility index (Phi) is 1.01. The third kappa shape index (κ3) is 0.655. The maximum absolute atomic E-state index is 5.39. The summed E-state index contributed by atoms with van der Waals surface area (Å²) in [4.78, 5) is 3.91. The van der Waals surface area contributed by atoms with Crippen molar-refractivity contribution in [2.45, 2.75) is 12.4 Å². The van der Waals surface area contributed by atoms with Crippen LogP contribution in [0.2, 0.25) is 0 Å². The Balaban J connectivity index is 2.38. The molecule has 0 radical (unpaired) electrons. The second-order valence-corrected chi connectivity index (χ2v) is 1.51. The first kappa shape index (κ1) is 4.00. The Bertz CT molecular complexity index is 71.2. The summed E-state index contributed by atoms with van der Waals surface area (Å²) < 4.78 is 0. The van der Waals surface area contributed by atoms with Crippen LogP contribution in [0.4, 0.5) is 0 Å². The molecule has 2 N–H and O–H groups in total. The fraction of sp³-hybridized carbons (Fsp3) is 1.00. The Hall–Kier alpha value is -0.175. The van der Waals surface area contributed by atoms with Crippen LogP contribution in [0.15, 0.2) is 4.90 Å². The van der Waals surface area contributed by atoms with Gasteiger partial charge in [-0.05, 0) is 0 Å². The predicted molar refractivity (Wildman–Crippen MR) is 25.6 cm³/mol. The van der Waals surface area contributed by atoms with Gasteiger partial charge in [0, 0.05) is 0 Å². The molecule has 0 fully saturated rings. The summed E-state index contributed by atoms with van der Waals surface area (Å²) in [6.07, 6.45) is 1.04. The number of hydrogen-bond donors (Lipinski definition) is 1. The first-order valence-corrected chi connectivity index (χ1v) is 2.15. The van der Waals surface area contributed by atoms with Crippen LogP contribution in [0.5, 0.6) is 0 Å². The van der Waals surface area contributed by atoms with Crippen LogP contribution in [0, 0.1) is 0 Å². The molecule has 6 heavy (non-hydrogen) atoms. The van der Waals surface area contributed by atoms with Crippen molar-refractivity contribution >= 4 is 7.07 Å². The third-order valence-electron chi connectivity index (χ3n) is 0.888. The van der Waals surface area contributed by atoms with E-state index >= 15 is 0 Å². The Morgan fingerprint density at radius 3 is 2.83 bits per heavy atom. The average Bonchev–Trinajstić information content (AvgIpc) is 1.86. The summed E-state index contributed by atoms with van der Waals surface area (Å²) in [7, 11) is 1.81. The van der Waals surface area contributed by atoms with Crippen LogP contribution in [-0.2, 0) is 0 Å². The molecule has 0 saturated heterocycles. The van der Waals surface area contributed by atoms with Crippen molar-refractivity contribution in [2.75, 3.05) is 6.54 Å². The van der Waals surface area contributed by atoms with E-state index in [0.717, 1.165) is 13.0 Å². The molecule has 1 heterocycles. The molecule has 1 unspecified atom stereocenters. The summed E-state index contributed by atoms with van der Waals surface area (Å²) in [6.45, 7) is 0.932. The van der Waals surface area contributed by atoms with Gasteiger partial charge in [0.1, 0.15) is 0 Å². The van der Waals surface area contributed by atoms with Gasteiger partial charge < -0.3 is 0 Å². The van der Waals surface area contributed by atoms with Gasteiger partial charge in [-0.15, -0.1) is 0 Å². The summed E-state index contributed by atoms with van der Waals surface area (Å²) in [5.74, 6) is 0.255. The zero-order valence-corrected chi connectivity index (χ0v) is 3.59. The summed E-state index contributed by atoms with van der Waals surface area (Å²) >= 11 is 0. The van der Waals surface area contributed by atoms with Crippen LogP contribution >= 0.6 is 0 Å². The van der Waals surface area contributed by atoms with Crippen LogP contribution < -0.4 is 5.73 Å². The molecule has 0 saturated carbocycles. The quantitative estimate of drug-likeness (QED) is 0.395. The second-order valence-electron chi connectivity index (χ2n) is 1.51. The van der Waals surface area contributed by atoms with Gasteiger partial charge in [-0.3, -0.25) is 0 Å². The van der Waals surface area contributed by atoms with E-state index in [9.17, 15) is 0 Å². The van der Waals surface area contributed by atoms with Crippen LogP contribution in [0.1, 0.15) is 6.42 Å². The van der Waals surface area contributed by atoms with Crippen molar-refractivity contribution < 1.29 is 0 Å². The van der Waals surface area contributed by atoms with Gasteiger partial charge >= 0.3 is 36.6 Å². The third-order valence-corrected chi connectivity index (χ3v) is 0.888. The van der Waals surface area contributed by atoms with Crippen molar-refractivity contribution in [2.24, 2.45) is 10.6 Å². The first-order valence-electron chi connectivity index (χ1n) is 2.15. The molecular weight excluding hydrogens is 74.9 g/mol. The van der Waals surface area contributed by atoms with Crippen molar-refractivity contribution in [3.8, 4) is 0 Å². The van der Waals surface area contributed by atoms with E-state index in [4.69, 9.17) is 5.73 Å². The molecule has 0 aromatic heterocycles. The normalized spacial score (nSPS) is 30.5. The van der Waals surface area contributed by atoms with Gasteiger partial charge in [-0.1, -0.05) is 0 Å². The summed E-state index contributed by atoms with van der Waals surface area (Å²) in [5.41, 5.74) is 5.39. The average molecular weight is 81.9 g/mol. The van der Waals surface area contributed by atoms with E-state index in [0.29, 0.717) is 0 Å². The van der Waals surface area contributed by atoms with Gasteiger partial charge in [0.05, 0.1) is 0 Å². The van der Waals surface area contributed by atoms with Gasteiger partial charge in [-0.25, -0.2) is 0 Å². The van der Waals surface area contributed by atoms with Crippen LogP contribution in [0.25, 0.3) is 0 Å². The molecule has 3 heteroatoms. The molecule has 0 amide bonds. The monoisotopic (exact) mass is 82.1 g/mol. The fourth-order valence-electron chi connectivity index (χ4n) is 0.508. The van der Waals surface area contributed by atoms with Gasteiger partial charge in [0.2, 0.25) is 0 Å². The molecule has 0 aromatic carbocycles. The Labute approximate surface area is 37.7 Å². The number of nitrogens with zero attached hydrogens (tertiary/aromatic N) is 1. The van der Waals surface area contributed by atoms with Crippen LogP contribution in [-0.4, -0.2) is 19.6 Å². The number of nitrogens with two attached hydrogens (primary N) is 1. The molecule has 0 spiro atoms. The number of hydrogen-bond acceptors (Lipinski definition) is 2.